The van der Waals surface area contributed by atoms with Gasteiger partial charge in [-0.15, -0.1) is 0 Å². The maximum absolute atomic E-state index is 13.7. The largest absolute Gasteiger partial charge is 0.337 e. The van der Waals surface area contributed by atoms with E-state index in [1.54, 1.807) is 22.1 Å². The fourth-order valence-corrected chi connectivity index (χ4v) is 6.78. The van der Waals surface area contributed by atoms with Gasteiger partial charge in [0.25, 0.3) is 0 Å². The van der Waals surface area contributed by atoms with Gasteiger partial charge in [-0.1, -0.05) is 35.5 Å². The average molecular weight is 428 g/mol. The van der Waals surface area contributed by atoms with Gasteiger partial charge < -0.3 is 4.52 Å². The standard InChI is InChI=1S/C21H25N5O3S/c1-13(2)25-12-18(14(3)23-25)30(27,28)26-17-10-9-16(11-17)19(26)21-22-20(24-29-21)15-7-5-4-6-8-15/h4-8,12-13,16-17,19H,9-11H2,1-3H3/t16-,17+,19+/m0/s1. The average Bonchev–Trinajstić information content (AvgIpc) is 3.50. The third-order valence-electron chi connectivity index (χ3n) is 6.21. The van der Waals surface area contributed by atoms with Crippen molar-refractivity contribution in [1.82, 2.24) is 24.2 Å². The molecule has 8 nitrogen and oxygen atoms in total. The lowest BCUT2D eigenvalue weighted by molar-refractivity contribution is 0.197. The van der Waals surface area contributed by atoms with Crippen molar-refractivity contribution in [1.29, 1.82) is 0 Å². The minimum Gasteiger partial charge on any atom is -0.337 e. The van der Waals surface area contributed by atoms with Crippen molar-refractivity contribution in [3.05, 3.63) is 48.1 Å². The minimum atomic E-state index is -3.74. The first kappa shape index (κ1) is 19.4. The lowest BCUT2D eigenvalue weighted by Gasteiger charge is -2.31. The van der Waals surface area contributed by atoms with Gasteiger partial charge in [0.2, 0.25) is 21.7 Å². The van der Waals surface area contributed by atoms with Gasteiger partial charge >= 0.3 is 0 Å². The number of aromatic nitrogens is 4. The SMILES string of the molecule is Cc1nn(C(C)C)cc1S(=O)(=O)N1[C@@H]2CC[C@@H](C2)[C@@H]1c1nc(-c2ccccc2)no1. The second-order valence-electron chi connectivity index (χ2n) is 8.48. The van der Waals surface area contributed by atoms with Crippen LogP contribution >= 0.6 is 0 Å². The lowest BCUT2D eigenvalue weighted by Crippen LogP contribution is -2.40. The number of sulfonamides is 1. The highest BCUT2D eigenvalue weighted by molar-refractivity contribution is 7.89. The van der Waals surface area contributed by atoms with Crippen molar-refractivity contribution in [2.75, 3.05) is 0 Å². The van der Waals surface area contributed by atoms with Crippen LogP contribution in [0.5, 0.6) is 0 Å². The van der Waals surface area contributed by atoms with Gasteiger partial charge in [-0.25, -0.2) is 8.42 Å². The molecule has 5 rings (SSSR count). The van der Waals surface area contributed by atoms with Gasteiger partial charge in [0.15, 0.2) is 0 Å². The number of nitrogens with zero attached hydrogens (tertiary/aromatic N) is 5. The van der Waals surface area contributed by atoms with E-state index in [0.717, 1.165) is 24.8 Å². The Balaban J connectivity index is 1.54. The van der Waals surface area contributed by atoms with Crippen LogP contribution in [0.15, 0.2) is 45.9 Å². The second-order valence-corrected chi connectivity index (χ2v) is 10.3. The molecule has 2 aliphatic rings. The monoisotopic (exact) mass is 427 g/mol. The van der Waals surface area contributed by atoms with E-state index in [-0.39, 0.29) is 22.9 Å². The first-order chi connectivity index (χ1) is 14.4. The van der Waals surface area contributed by atoms with Gasteiger partial charge in [0, 0.05) is 23.8 Å². The van der Waals surface area contributed by atoms with Crippen LogP contribution in [-0.4, -0.2) is 38.7 Å². The molecule has 0 spiro atoms. The predicted molar refractivity (Wildman–Crippen MR) is 110 cm³/mol. The highest BCUT2D eigenvalue weighted by Gasteiger charge is 2.54. The number of aryl methyl sites for hydroxylation is 1. The summed E-state index contributed by atoms with van der Waals surface area (Å²) in [5, 5.41) is 8.54. The summed E-state index contributed by atoms with van der Waals surface area (Å²) < 4.78 is 36.4. The maximum Gasteiger partial charge on any atom is 0.247 e. The van der Waals surface area contributed by atoms with E-state index in [2.05, 4.69) is 15.2 Å². The quantitative estimate of drug-likeness (QED) is 0.616. The number of hydrogen-bond acceptors (Lipinski definition) is 6. The van der Waals surface area contributed by atoms with E-state index >= 15 is 0 Å². The molecule has 3 heterocycles. The summed E-state index contributed by atoms with van der Waals surface area (Å²) in [7, 11) is -3.74. The first-order valence-electron chi connectivity index (χ1n) is 10.3. The Morgan fingerprint density at radius 3 is 2.63 bits per heavy atom. The summed E-state index contributed by atoms with van der Waals surface area (Å²) >= 11 is 0. The molecular formula is C21H25N5O3S. The molecule has 9 heteroatoms. The number of piperidine rings is 1. The second kappa shape index (κ2) is 7.02. The molecule has 1 aliphatic heterocycles. The van der Waals surface area contributed by atoms with Crippen molar-refractivity contribution in [2.24, 2.45) is 5.92 Å². The maximum atomic E-state index is 13.7. The summed E-state index contributed by atoms with van der Waals surface area (Å²) in [6.07, 6.45) is 4.29. The van der Waals surface area contributed by atoms with Crippen LogP contribution < -0.4 is 0 Å². The Kier molecular flexibility index (Phi) is 4.55. The molecule has 158 valence electrons. The number of rotatable bonds is 5. The molecule has 0 amide bonds. The predicted octanol–water partition coefficient (Wildman–Crippen LogP) is 3.74. The zero-order valence-corrected chi connectivity index (χ0v) is 18.1. The van der Waals surface area contributed by atoms with E-state index in [1.165, 1.54) is 0 Å². The molecule has 2 aromatic heterocycles. The van der Waals surface area contributed by atoms with Gasteiger partial charge in [-0.05, 0) is 46.0 Å². The molecule has 30 heavy (non-hydrogen) atoms. The van der Waals surface area contributed by atoms with Gasteiger partial charge in [-0.2, -0.15) is 14.4 Å². The molecule has 1 saturated heterocycles. The molecule has 2 bridgehead atoms. The van der Waals surface area contributed by atoms with Crippen LogP contribution in [0.3, 0.4) is 0 Å². The van der Waals surface area contributed by atoms with Crippen molar-refractivity contribution in [3.63, 3.8) is 0 Å². The highest BCUT2D eigenvalue weighted by atomic mass is 32.2. The fourth-order valence-electron chi connectivity index (χ4n) is 4.76. The van der Waals surface area contributed by atoms with Crippen molar-refractivity contribution in [2.45, 2.75) is 63.1 Å². The Morgan fingerprint density at radius 1 is 1.17 bits per heavy atom. The highest BCUT2D eigenvalue weighted by Crippen LogP contribution is 2.52. The van der Waals surface area contributed by atoms with Crippen LogP contribution in [0.1, 0.15) is 56.8 Å². The van der Waals surface area contributed by atoms with Crippen LogP contribution in [-0.2, 0) is 10.0 Å². The third kappa shape index (κ3) is 2.99. The number of fused-ring (bicyclic) bond motifs is 2. The van der Waals surface area contributed by atoms with Crippen LogP contribution in [0.4, 0.5) is 0 Å². The molecule has 2 fully saturated rings. The van der Waals surface area contributed by atoms with Gasteiger partial charge in [-0.3, -0.25) is 4.68 Å². The Bertz CT molecular complexity index is 1170. The molecule has 0 radical (unpaired) electrons. The van der Waals surface area contributed by atoms with Crippen LogP contribution in [0.25, 0.3) is 11.4 Å². The topological polar surface area (TPSA) is 94.1 Å². The first-order valence-corrected chi connectivity index (χ1v) is 11.8. The molecule has 0 unspecified atom stereocenters. The third-order valence-corrected chi connectivity index (χ3v) is 8.25. The van der Waals surface area contributed by atoms with E-state index < -0.39 is 16.1 Å². The lowest BCUT2D eigenvalue weighted by atomic mass is 10.00. The Hall–Kier alpha value is -2.52. The summed E-state index contributed by atoms with van der Waals surface area (Å²) in [6.45, 7) is 5.70. The van der Waals surface area contributed by atoms with Crippen molar-refractivity contribution >= 4 is 10.0 Å². The summed E-state index contributed by atoms with van der Waals surface area (Å²) in [5.74, 6) is 1.04. The summed E-state index contributed by atoms with van der Waals surface area (Å²) in [5.41, 5.74) is 1.36. The number of hydrogen-bond donors (Lipinski definition) is 0. The molecule has 3 aromatic rings. The molecule has 1 aliphatic carbocycles. The van der Waals surface area contributed by atoms with E-state index in [0.29, 0.717) is 17.4 Å². The van der Waals surface area contributed by atoms with E-state index in [4.69, 9.17) is 4.52 Å². The summed E-state index contributed by atoms with van der Waals surface area (Å²) in [6, 6.07) is 9.18. The molecule has 0 N–H and O–H groups in total. The smallest absolute Gasteiger partial charge is 0.247 e. The zero-order valence-electron chi connectivity index (χ0n) is 17.3. The number of benzene rings is 1. The van der Waals surface area contributed by atoms with Gasteiger partial charge in [0.05, 0.1) is 5.69 Å². The van der Waals surface area contributed by atoms with Crippen molar-refractivity contribution < 1.29 is 12.9 Å². The molecular weight excluding hydrogens is 402 g/mol. The van der Waals surface area contributed by atoms with Crippen LogP contribution in [0, 0.1) is 12.8 Å². The molecule has 3 atom stereocenters. The molecule has 1 aromatic carbocycles. The summed E-state index contributed by atoms with van der Waals surface area (Å²) in [4.78, 5) is 4.85. The van der Waals surface area contributed by atoms with E-state index in [1.807, 2.05) is 44.2 Å². The van der Waals surface area contributed by atoms with E-state index in [9.17, 15) is 8.42 Å². The zero-order chi connectivity index (χ0) is 21.0. The molecule has 1 saturated carbocycles. The van der Waals surface area contributed by atoms with Crippen LogP contribution in [0.2, 0.25) is 0 Å². The minimum absolute atomic E-state index is 0.0427. The van der Waals surface area contributed by atoms with Crippen molar-refractivity contribution in [3.8, 4) is 11.4 Å². The van der Waals surface area contributed by atoms with Gasteiger partial charge in [0.1, 0.15) is 10.9 Å². The Morgan fingerprint density at radius 2 is 1.93 bits per heavy atom. The fraction of sp³-hybridized carbons (Fsp3) is 0.476. The Labute approximate surface area is 175 Å². The normalized spacial score (nSPS) is 24.2.